The number of rotatable bonds is 6. The second-order valence-corrected chi connectivity index (χ2v) is 5.59. The summed E-state index contributed by atoms with van der Waals surface area (Å²) in [5.74, 6) is 0.576. The van der Waals surface area contributed by atoms with E-state index in [-0.39, 0.29) is 18.8 Å². The van der Waals surface area contributed by atoms with Crippen LogP contribution in [0.4, 0.5) is 5.69 Å². The number of imide groups is 1. The first-order valence-corrected chi connectivity index (χ1v) is 7.87. The van der Waals surface area contributed by atoms with Crippen LogP contribution in [0.5, 0.6) is 11.5 Å². The first kappa shape index (κ1) is 16.7. The number of amides is 2. The number of nitrogens with one attached hydrogen (secondary N) is 1. The number of aryl methyl sites for hydroxylation is 1. The number of carbonyl (C=O) groups is 2. The summed E-state index contributed by atoms with van der Waals surface area (Å²) in [4.78, 5) is 24.8. The second kappa shape index (κ2) is 7.19. The van der Waals surface area contributed by atoms with Crippen molar-refractivity contribution in [1.29, 1.82) is 0 Å². The number of para-hydroxylation sites is 1. The van der Waals surface area contributed by atoms with Gasteiger partial charge in [-0.05, 0) is 42.8 Å². The number of aliphatic hydroxyl groups excluding tert-OH is 1. The lowest BCUT2D eigenvalue weighted by Gasteiger charge is -2.13. The molecule has 1 aliphatic heterocycles. The summed E-state index contributed by atoms with van der Waals surface area (Å²) in [6.07, 6.45) is 1.23. The molecule has 25 heavy (non-hydrogen) atoms. The van der Waals surface area contributed by atoms with Crippen molar-refractivity contribution in [1.82, 2.24) is 4.90 Å². The van der Waals surface area contributed by atoms with Gasteiger partial charge in [-0.15, -0.1) is 0 Å². The maximum absolute atomic E-state index is 12.1. The quantitative estimate of drug-likeness (QED) is 0.791. The van der Waals surface area contributed by atoms with Gasteiger partial charge in [-0.2, -0.15) is 0 Å². The first-order chi connectivity index (χ1) is 12.1. The van der Waals surface area contributed by atoms with Gasteiger partial charge in [-0.3, -0.25) is 14.5 Å². The molecule has 6 heteroatoms. The van der Waals surface area contributed by atoms with Gasteiger partial charge in [0.15, 0.2) is 0 Å². The zero-order chi connectivity index (χ0) is 17.8. The van der Waals surface area contributed by atoms with Crippen LogP contribution in [-0.4, -0.2) is 35.0 Å². The Labute approximate surface area is 145 Å². The Hall–Kier alpha value is -3.12. The number of ether oxygens (including phenoxy) is 1. The van der Waals surface area contributed by atoms with E-state index in [2.05, 4.69) is 5.32 Å². The Bertz CT molecular complexity index is 828. The molecule has 0 bridgehead atoms. The number of benzene rings is 2. The van der Waals surface area contributed by atoms with Crippen molar-refractivity contribution in [3.8, 4) is 11.5 Å². The van der Waals surface area contributed by atoms with E-state index in [0.29, 0.717) is 11.4 Å². The number of hydrogen-bond acceptors (Lipinski definition) is 5. The van der Waals surface area contributed by atoms with Crippen LogP contribution < -0.4 is 10.1 Å². The number of β-amino-alcohol motifs (C(OH)–C–C–N with tert-alkyl or cyclic N) is 1. The van der Waals surface area contributed by atoms with E-state index >= 15 is 0 Å². The third kappa shape index (κ3) is 3.70. The van der Waals surface area contributed by atoms with Gasteiger partial charge in [0.2, 0.25) is 0 Å². The molecule has 2 aromatic carbocycles. The zero-order valence-electron chi connectivity index (χ0n) is 13.7. The molecule has 0 unspecified atom stereocenters. The summed E-state index contributed by atoms with van der Waals surface area (Å²) in [5, 5.41) is 11.8. The van der Waals surface area contributed by atoms with E-state index in [9.17, 15) is 9.59 Å². The second-order valence-electron chi connectivity index (χ2n) is 5.59. The van der Waals surface area contributed by atoms with E-state index < -0.39 is 11.8 Å². The first-order valence-electron chi connectivity index (χ1n) is 7.87. The topological polar surface area (TPSA) is 78.9 Å². The van der Waals surface area contributed by atoms with Crippen LogP contribution >= 0.6 is 0 Å². The molecular formula is C19H18N2O4. The summed E-state index contributed by atoms with van der Waals surface area (Å²) in [5.41, 5.74) is 1.88. The van der Waals surface area contributed by atoms with Crippen LogP contribution in [0.2, 0.25) is 0 Å². The van der Waals surface area contributed by atoms with E-state index in [1.54, 1.807) is 24.3 Å². The molecule has 1 aliphatic rings. The highest BCUT2D eigenvalue weighted by Crippen LogP contribution is 2.26. The molecule has 128 valence electrons. The monoisotopic (exact) mass is 338 g/mol. The van der Waals surface area contributed by atoms with Crippen molar-refractivity contribution in [2.45, 2.75) is 6.92 Å². The van der Waals surface area contributed by atoms with Crippen molar-refractivity contribution in [3.63, 3.8) is 0 Å². The third-order valence-corrected chi connectivity index (χ3v) is 3.79. The van der Waals surface area contributed by atoms with Gasteiger partial charge in [0, 0.05) is 11.8 Å². The van der Waals surface area contributed by atoms with E-state index in [4.69, 9.17) is 9.84 Å². The number of aliphatic hydroxyl groups is 1. The number of hydrogen-bond donors (Lipinski definition) is 2. The van der Waals surface area contributed by atoms with Crippen molar-refractivity contribution in [2.24, 2.45) is 0 Å². The molecule has 0 saturated heterocycles. The largest absolute Gasteiger partial charge is 0.457 e. The van der Waals surface area contributed by atoms with Crippen LogP contribution in [0.25, 0.3) is 0 Å². The van der Waals surface area contributed by atoms with E-state index in [1.165, 1.54) is 6.08 Å². The molecule has 3 rings (SSSR count). The van der Waals surface area contributed by atoms with Crippen molar-refractivity contribution in [2.75, 3.05) is 18.5 Å². The molecule has 0 saturated carbocycles. The Morgan fingerprint density at radius 3 is 2.48 bits per heavy atom. The van der Waals surface area contributed by atoms with Crippen LogP contribution in [-0.2, 0) is 9.59 Å². The lowest BCUT2D eigenvalue weighted by atomic mass is 10.2. The third-order valence-electron chi connectivity index (χ3n) is 3.79. The number of anilines is 1. The Morgan fingerprint density at radius 1 is 1.08 bits per heavy atom. The minimum absolute atomic E-state index is 0.0114. The van der Waals surface area contributed by atoms with Crippen molar-refractivity contribution in [3.05, 3.63) is 65.9 Å². The SMILES string of the molecule is Cc1ccccc1Oc1ccc(NC2=CC(=O)N(CCO)C2=O)cc1. The van der Waals surface area contributed by atoms with Crippen LogP contribution in [0.3, 0.4) is 0 Å². The lowest BCUT2D eigenvalue weighted by Crippen LogP contribution is -2.34. The minimum atomic E-state index is -0.445. The van der Waals surface area contributed by atoms with Gasteiger partial charge in [0.05, 0.1) is 13.2 Å². The van der Waals surface area contributed by atoms with E-state index in [1.807, 2.05) is 31.2 Å². The molecule has 0 atom stereocenters. The number of nitrogens with zero attached hydrogens (tertiary/aromatic N) is 1. The summed E-state index contributed by atoms with van der Waals surface area (Å²) in [6, 6.07) is 14.8. The highest BCUT2D eigenvalue weighted by molar-refractivity contribution is 6.17. The summed E-state index contributed by atoms with van der Waals surface area (Å²) >= 11 is 0. The van der Waals surface area contributed by atoms with Crippen LogP contribution in [0, 0.1) is 6.92 Å². The van der Waals surface area contributed by atoms with Gasteiger partial charge in [-0.25, -0.2) is 0 Å². The number of carbonyl (C=O) groups excluding carboxylic acids is 2. The Morgan fingerprint density at radius 2 is 1.80 bits per heavy atom. The average molecular weight is 338 g/mol. The maximum atomic E-state index is 12.1. The molecule has 0 aliphatic carbocycles. The average Bonchev–Trinajstić information content (AvgIpc) is 2.86. The molecule has 2 N–H and O–H groups in total. The van der Waals surface area contributed by atoms with Crippen molar-refractivity contribution >= 4 is 17.5 Å². The molecule has 2 amide bonds. The van der Waals surface area contributed by atoms with Gasteiger partial charge >= 0.3 is 0 Å². The van der Waals surface area contributed by atoms with Gasteiger partial charge < -0.3 is 15.2 Å². The molecule has 0 fully saturated rings. The zero-order valence-corrected chi connectivity index (χ0v) is 13.7. The Balaban J connectivity index is 1.67. The standard InChI is InChI=1S/C19H18N2O4/c1-13-4-2-3-5-17(13)25-15-8-6-14(7-9-15)20-16-12-18(23)21(10-11-22)19(16)24/h2-9,12,20,22H,10-11H2,1H3. The molecule has 0 radical (unpaired) electrons. The fourth-order valence-electron chi connectivity index (χ4n) is 2.47. The lowest BCUT2D eigenvalue weighted by molar-refractivity contribution is -0.137. The normalized spacial score (nSPS) is 13.8. The summed E-state index contributed by atoms with van der Waals surface area (Å²) < 4.78 is 5.82. The predicted octanol–water partition coefficient (Wildman–Crippen LogP) is 2.44. The summed E-state index contributed by atoms with van der Waals surface area (Å²) in [7, 11) is 0. The molecule has 2 aromatic rings. The fourth-order valence-corrected chi connectivity index (χ4v) is 2.47. The van der Waals surface area contributed by atoms with Gasteiger partial charge in [0.1, 0.15) is 17.2 Å². The van der Waals surface area contributed by atoms with Crippen LogP contribution in [0.1, 0.15) is 5.56 Å². The van der Waals surface area contributed by atoms with E-state index in [0.717, 1.165) is 16.2 Å². The molecule has 1 heterocycles. The summed E-state index contributed by atoms with van der Waals surface area (Å²) in [6.45, 7) is 1.70. The minimum Gasteiger partial charge on any atom is -0.457 e. The van der Waals surface area contributed by atoms with Gasteiger partial charge in [-0.1, -0.05) is 18.2 Å². The molecule has 0 spiro atoms. The van der Waals surface area contributed by atoms with Crippen LogP contribution in [0.15, 0.2) is 60.3 Å². The fraction of sp³-hybridized carbons (Fsp3) is 0.158. The Kier molecular flexibility index (Phi) is 4.81. The van der Waals surface area contributed by atoms with Gasteiger partial charge in [0.25, 0.3) is 11.8 Å². The molecule has 6 nitrogen and oxygen atoms in total. The maximum Gasteiger partial charge on any atom is 0.277 e. The smallest absolute Gasteiger partial charge is 0.277 e. The molecular weight excluding hydrogens is 320 g/mol. The predicted molar refractivity (Wildman–Crippen MR) is 93.2 cm³/mol. The highest BCUT2D eigenvalue weighted by Gasteiger charge is 2.30. The van der Waals surface area contributed by atoms with Crippen molar-refractivity contribution < 1.29 is 19.4 Å². The highest BCUT2D eigenvalue weighted by atomic mass is 16.5. The molecule has 0 aromatic heterocycles.